The summed E-state index contributed by atoms with van der Waals surface area (Å²) in [5.74, 6) is -0.515. The zero-order chi connectivity index (χ0) is 17.5. The molecule has 0 atom stereocenters. The zero-order valence-electron chi connectivity index (χ0n) is 11.7. The molecule has 0 aliphatic rings. The second kappa shape index (κ2) is 5.99. The molecule has 0 spiro atoms. The standard InChI is InChI=1S/C15H8Cl2F3N3O/c16-7-4-8(17)6-9(5-7)22-23-13-10-2-1-3-11(15(18,19)20)12(10)21-14(13)24/h1-6,21,24H. The molecule has 0 saturated heterocycles. The Kier molecular flexibility index (Phi) is 4.15. The monoisotopic (exact) mass is 373 g/mol. The van der Waals surface area contributed by atoms with Crippen molar-refractivity contribution in [2.45, 2.75) is 6.18 Å². The molecule has 0 fully saturated rings. The van der Waals surface area contributed by atoms with Gasteiger partial charge in [0.15, 0.2) is 5.69 Å². The van der Waals surface area contributed by atoms with Crippen LogP contribution in [0, 0.1) is 0 Å². The van der Waals surface area contributed by atoms with Gasteiger partial charge in [0.05, 0.1) is 16.8 Å². The lowest BCUT2D eigenvalue weighted by molar-refractivity contribution is -0.136. The van der Waals surface area contributed by atoms with Crippen molar-refractivity contribution in [3.8, 4) is 5.88 Å². The molecule has 1 aromatic heterocycles. The van der Waals surface area contributed by atoms with Crippen LogP contribution < -0.4 is 0 Å². The molecule has 0 unspecified atom stereocenters. The van der Waals surface area contributed by atoms with E-state index in [4.69, 9.17) is 23.2 Å². The Labute approximate surface area is 143 Å². The first-order valence-electron chi connectivity index (χ1n) is 6.54. The lowest BCUT2D eigenvalue weighted by atomic mass is 10.1. The van der Waals surface area contributed by atoms with E-state index in [1.165, 1.54) is 30.3 Å². The average Bonchev–Trinajstić information content (AvgIpc) is 2.78. The molecule has 0 aliphatic heterocycles. The topological polar surface area (TPSA) is 60.7 Å². The first-order chi connectivity index (χ1) is 11.3. The third-order valence-electron chi connectivity index (χ3n) is 3.21. The number of hydrogen-bond donors (Lipinski definition) is 2. The van der Waals surface area contributed by atoms with Crippen LogP contribution in [0.2, 0.25) is 10.0 Å². The minimum absolute atomic E-state index is 0.0965. The predicted octanol–water partition coefficient (Wildman–Crippen LogP) is 6.61. The Hall–Kier alpha value is -2.25. The highest BCUT2D eigenvalue weighted by molar-refractivity contribution is 6.35. The molecule has 9 heteroatoms. The summed E-state index contributed by atoms with van der Waals surface area (Å²) in [6, 6.07) is 8.00. The average molecular weight is 374 g/mol. The highest BCUT2D eigenvalue weighted by atomic mass is 35.5. The molecule has 0 aliphatic carbocycles. The smallest absolute Gasteiger partial charge is 0.418 e. The van der Waals surface area contributed by atoms with Gasteiger partial charge in [-0.2, -0.15) is 18.3 Å². The quantitative estimate of drug-likeness (QED) is 0.487. The Bertz CT molecular complexity index is 931. The van der Waals surface area contributed by atoms with Crippen molar-refractivity contribution in [3.63, 3.8) is 0 Å². The van der Waals surface area contributed by atoms with Gasteiger partial charge >= 0.3 is 6.18 Å². The van der Waals surface area contributed by atoms with Crippen LogP contribution in [0.3, 0.4) is 0 Å². The van der Waals surface area contributed by atoms with E-state index in [0.29, 0.717) is 15.7 Å². The fraction of sp³-hybridized carbons (Fsp3) is 0.0667. The number of aromatic hydroxyl groups is 1. The van der Waals surface area contributed by atoms with E-state index in [9.17, 15) is 18.3 Å². The molecule has 0 amide bonds. The van der Waals surface area contributed by atoms with Crippen molar-refractivity contribution in [3.05, 3.63) is 52.0 Å². The van der Waals surface area contributed by atoms with Gasteiger partial charge in [-0.1, -0.05) is 35.3 Å². The van der Waals surface area contributed by atoms with Gasteiger partial charge in [0.1, 0.15) is 0 Å². The number of alkyl halides is 3. The molecular weight excluding hydrogens is 366 g/mol. The third-order valence-corrected chi connectivity index (χ3v) is 3.64. The van der Waals surface area contributed by atoms with Gasteiger partial charge in [-0.05, 0) is 24.3 Å². The van der Waals surface area contributed by atoms with E-state index in [0.717, 1.165) is 6.07 Å². The van der Waals surface area contributed by atoms with E-state index in [-0.39, 0.29) is 16.6 Å². The Balaban J connectivity index is 2.10. The number of aromatic amines is 1. The van der Waals surface area contributed by atoms with Crippen molar-refractivity contribution in [1.82, 2.24) is 4.98 Å². The Morgan fingerprint density at radius 3 is 2.29 bits per heavy atom. The van der Waals surface area contributed by atoms with Gasteiger partial charge in [0.2, 0.25) is 5.88 Å². The van der Waals surface area contributed by atoms with Crippen LogP contribution in [0.5, 0.6) is 5.88 Å². The lowest BCUT2D eigenvalue weighted by Crippen LogP contribution is -2.05. The molecular formula is C15H8Cl2F3N3O. The zero-order valence-corrected chi connectivity index (χ0v) is 13.2. The highest BCUT2D eigenvalue weighted by Gasteiger charge is 2.34. The second-order valence-corrected chi connectivity index (χ2v) is 5.75. The van der Waals surface area contributed by atoms with Gasteiger partial charge in [0.25, 0.3) is 0 Å². The maximum Gasteiger partial charge on any atom is 0.418 e. The van der Waals surface area contributed by atoms with Gasteiger partial charge in [-0.3, -0.25) is 0 Å². The number of halogens is 5. The summed E-state index contributed by atoms with van der Waals surface area (Å²) in [7, 11) is 0. The van der Waals surface area contributed by atoms with E-state index >= 15 is 0 Å². The molecule has 0 saturated carbocycles. The Morgan fingerprint density at radius 1 is 1.00 bits per heavy atom. The van der Waals surface area contributed by atoms with Gasteiger partial charge in [-0.15, -0.1) is 5.11 Å². The van der Waals surface area contributed by atoms with Crippen molar-refractivity contribution in [2.75, 3.05) is 0 Å². The maximum atomic E-state index is 13.0. The minimum atomic E-state index is -4.56. The normalized spacial score (nSPS) is 12.4. The molecule has 1 heterocycles. The maximum absolute atomic E-state index is 13.0. The molecule has 3 rings (SSSR count). The summed E-state index contributed by atoms with van der Waals surface area (Å²) in [4.78, 5) is 2.29. The SMILES string of the molecule is Oc1[nH]c2c(C(F)(F)F)cccc2c1N=Nc1cc(Cl)cc(Cl)c1. The molecule has 2 aromatic carbocycles. The van der Waals surface area contributed by atoms with E-state index in [1.807, 2.05) is 0 Å². The molecule has 3 aromatic rings. The van der Waals surface area contributed by atoms with Crippen LogP contribution in [0.1, 0.15) is 5.56 Å². The van der Waals surface area contributed by atoms with Crippen molar-refractivity contribution in [1.29, 1.82) is 0 Å². The van der Waals surface area contributed by atoms with Crippen molar-refractivity contribution in [2.24, 2.45) is 10.2 Å². The summed E-state index contributed by atoms with van der Waals surface area (Å²) in [6.45, 7) is 0. The van der Waals surface area contributed by atoms with Crippen LogP contribution in [0.25, 0.3) is 10.9 Å². The molecule has 0 radical (unpaired) electrons. The van der Waals surface area contributed by atoms with Crippen molar-refractivity contribution < 1.29 is 18.3 Å². The van der Waals surface area contributed by atoms with E-state index in [2.05, 4.69) is 15.2 Å². The second-order valence-electron chi connectivity index (χ2n) is 4.88. The lowest BCUT2D eigenvalue weighted by Gasteiger charge is -2.06. The number of H-pyrrole nitrogens is 1. The molecule has 24 heavy (non-hydrogen) atoms. The van der Waals surface area contributed by atoms with Crippen LogP contribution in [-0.2, 0) is 6.18 Å². The number of aromatic nitrogens is 1. The summed E-state index contributed by atoms with van der Waals surface area (Å²) in [6.07, 6.45) is -4.56. The van der Waals surface area contributed by atoms with Crippen LogP contribution in [-0.4, -0.2) is 10.1 Å². The summed E-state index contributed by atoms with van der Waals surface area (Å²) in [5, 5.41) is 18.3. The molecule has 0 bridgehead atoms. The van der Waals surface area contributed by atoms with Crippen LogP contribution in [0.15, 0.2) is 46.6 Å². The number of benzene rings is 2. The number of para-hydroxylation sites is 1. The highest BCUT2D eigenvalue weighted by Crippen LogP contribution is 2.42. The number of rotatable bonds is 2. The Morgan fingerprint density at radius 2 is 1.67 bits per heavy atom. The number of nitrogens with one attached hydrogen (secondary N) is 1. The fourth-order valence-electron chi connectivity index (χ4n) is 2.23. The number of azo groups is 1. The summed E-state index contributed by atoms with van der Waals surface area (Å²) in [5.41, 5.74) is -0.969. The van der Waals surface area contributed by atoms with Crippen LogP contribution in [0.4, 0.5) is 24.5 Å². The van der Waals surface area contributed by atoms with E-state index in [1.54, 1.807) is 0 Å². The largest absolute Gasteiger partial charge is 0.493 e. The fourth-order valence-corrected chi connectivity index (χ4v) is 2.75. The number of hydrogen-bond acceptors (Lipinski definition) is 3. The predicted molar refractivity (Wildman–Crippen MR) is 85.6 cm³/mol. The first-order valence-corrected chi connectivity index (χ1v) is 7.30. The van der Waals surface area contributed by atoms with E-state index < -0.39 is 17.6 Å². The minimum Gasteiger partial charge on any atom is -0.493 e. The number of nitrogens with zero attached hydrogens (tertiary/aromatic N) is 2. The summed E-state index contributed by atoms with van der Waals surface area (Å²) < 4.78 is 39.0. The number of fused-ring (bicyclic) bond motifs is 1. The third kappa shape index (κ3) is 3.18. The molecule has 124 valence electrons. The van der Waals surface area contributed by atoms with Crippen molar-refractivity contribution >= 4 is 45.5 Å². The van der Waals surface area contributed by atoms with Gasteiger partial charge < -0.3 is 10.1 Å². The van der Waals surface area contributed by atoms with Gasteiger partial charge in [0, 0.05) is 15.4 Å². The first kappa shape index (κ1) is 16.6. The summed E-state index contributed by atoms with van der Waals surface area (Å²) >= 11 is 11.7. The van der Waals surface area contributed by atoms with Gasteiger partial charge in [-0.25, -0.2) is 0 Å². The van der Waals surface area contributed by atoms with Crippen LogP contribution >= 0.6 is 23.2 Å². The molecule has 2 N–H and O–H groups in total. The molecule has 4 nitrogen and oxygen atoms in total.